The molecule has 0 saturated carbocycles. The van der Waals surface area contributed by atoms with Crippen LogP contribution in [0.5, 0.6) is 0 Å². The standard InChI is InChI=1S/C18H32N2O4/c1-5-7-13(17(24)19-15(12-22)18(2,3)4)10-16(23)20-9-6-8-14(20)11-21/h5,13-15,21-22H,1,6-12H2,2-4H3,(H,19,24)/t13-,14+,15-/m1/s1. The lowest BCUT2D eigenvalue weighted by Gasteiger charge is -2.31. The van der Waals surface area contributed by atoms with Gasteiger partial charge >= 0.3 is 0 Å². The third-order valence-corrected chi connectivity index (χ3v) is 4.70. The Hall–Kier alpha value is -1.40. The average Bonchev–Trinajstić information content (AvgIpc) is 2.99. The highest BCUT2D eigenvalue weighted by molar-refractivity contribution is 5.86. The molecular weight excluding hydrogens is 308 g/mol. The van der Waals surface area contributed by atoms with Crippen LogP contribution in [0.1, 0.15) is 46.5 Å². The van der Waals surface area contributed by atoms with E-state index in [4.69, 9.17) is 0 Å². The molecule has 0 aromatic rings. The highest BCUT2D eigenvalue weighted by atomic mass is 16.3. The smallest absolute Gasteiger partial charge is 0.224 e. The monoisotopic (exact) mass is 340 g/mol. The molecule has 138 valence electrons. The van der Waals surface area contributed by atoms with E-state index in [2.05, 4.69) is 11.9 Å². The second-order valence-corrected chi connectivity index (χ2v) is 7.60. The van der Waals surface area contributed by atoms with Crippen LogP contribution < -0.4 is 5.32 Å². The van der Waals surface area contributed by atoms with Gasteiger partial charge in [-0.1, -0.05) is 26.8 Å². The summed E-state index contributed by atoms with van der Waals surface area (Å²) in [5, 5.41) is 21.7. The van der Waals surface area contributed by atoms with E-state index in [9.17, 15) is 19.8 Å². The van der Waals surface area contributed by atoms with Gasteiger partial charge in [0.15, 0.2) is 0 Å². The molecule has 0 unspecified atom stereocenters. The van der Waals surface area contributed by atoms with Crippen LogP contribution in [0.3, 0.4) is 0 Å². The first-order valence-electron chi connectivity index (χ1n) is 8.67. The lowest BCUT2D eigenvalue weighted by molar-refractivity contribution is -0.138. The molecule has 1 fully saturated rings. The number of hydrogen-bond donors (Lipinski definition) is 3. The number of carbonyl (C=O) groups excluding carboxylic acids is 2. The fraction of sp³-hybridized carbons (Fsp3) is 0.778. The molecule has 6 nitrogen and oxygen atoms in total. The number of aliphatic hydroxyl groups excluding tert-OH is 2. The van der Waals surface area contributed by atoms with Crippen molar-refractivity contribution in [2.45, 2.75) is 58.5 Å². The number of aliphatic hydroxyl groups is 2. The van der Waals surface area contributed by atoms with Gasteiger partial charge in [-0.15, -0.1) is 6.58 Å². The highest BCUT2D eigenvalue weighted by Crippen LogP contribution is 2.23. The normalized spacial score (nSPS) is 20.5. The van der Waals surface area contributed by atoms with Crippen molar-refractivity contribution in [1.82, 2.24) is 10.2 Å². The van der Waals surface area contributed by atoms with Gasteiger partial charge in [-0.3, -0.25) is 9.59 Å². The number of carbonyl (C=O) groups is 2. The molecule has 3 N–H and O–H groups in total. The summed E-state index contributed by atoms with van der Waals surface area (Å²) in [6, 6.07) is -0.505. The largest absolute Gasteiger partial charge is 0.394 e. The van der Waals surface area contributed by atoms with Gasteiger partial charge in [-0.2, -0.15) is 0 Å². The van der Waals surface area contributed by atoms with E-state index in [1.54, 1.807) is 11.0 Å². The van der Waals surface area contributed by atoms with Crippen LogP contribution >= 0.6 is 0 Å². The van der Waals surface area contributed by atoms with Crippen LogP contribution in [-0.2, 0) is 9.59 Å². The molecule has 0 spiro atoms. The molecule has 24 heavy (non-hydrogen) atoms. The van der Waals surface area contributed by atoms with Crippen LogP contribution in [0.25, 0.3) is 0 Å². The second kappa shape index (κ2) is 9.18. The van der Waals surface area contributed by atoms with Gasteiger partial charge in [-0.25, -0.2) is 0 Å². The van der Waals surface area contributed by atoms with E-state index >= 15 is 0 Å². The maximum atomic E-state index is 12.6. The zero-order valence-electron chi connectivity index (χ0n) is 15.1. The van der Waals surface area contributed by atoms with E-state index in [1.165, 1.54) is 0 Å². The fourth-order valence-electron chi connectivity index (χ4n) is 2.99. The second-order valence-electron chi connectivity index (χ2n) is 7.60. The Morgan fingerprint density at radius 3 is 2.54 bits per heavy atom. The van der Waals surface area contributed by atoms with Crippen LogP contribution in [0.2, 0.25) is 0 Å². The van der Waals surface area contributed by atoms with Crippen molar-refractivity contribution in [3.63, 3.8) is 0 Å². The summed E-state index contributed by atoms with van der Waals surface area (Å²) in [7, 11) is 0. The quantitative estimate of drug-likeness (QED) is 0.577. The molecule has 1 heterocycles. The Labute approximate surface area is 144 Å². The molecule has 1 rings (SSSR count). The first-order chi connectivity index (χ1) is 11.2. The Kier molecular flexibility index (Phi) is 7.90. The number of allylic oxidation sites excluding steroid dienone is 1. The van der Waals surface area contributed by atoms with Crippen LogP contribution in [0.15, 0.2) is 12.7 Å². The lowest BCUT2D eigenvalue weighted by atomic mass is 9.86. The zero-order valence-corrected chi connectivity index (χ0v) is 15.1. The van der Waals surface area contributed by atoms with Crippen molar-refractivity contribution in [2.75, 3.05) is 19.8 Å². The van der Waals surface area contributed by atoms with Gasteiger partial charge in [0.25, 0.3) is 0 Å². The van der Waals surface area contributed by atoms with E-state index in [1.807, 2.05) is 20.8 Å². The topological polar surface area (TPSA) is 89.9 Å². The first kappa shape index (κ1) is 20.6. The van der Waals surface area contributed by atoms with Gasteiger partial charge in [0.1, 0.15) is 0 Å². The Bertz CT molecular complexity index is 445. The molecule has 0 bridgehead atoms. The molecular formula is C18H32N2O4. The summed E-state index contributed by atoms with van der Waals surface area (Å²) in [4.78, 5) is 26.7. The number of hydrogen-bond acceptors (Lipinski definition) is 4. The SMILES string of the molecule is C=CC[C@H](CC(=O)N1CCC[C@H]1CO)C(=O)N[C@H](CO)C(C)(C)C. The Balaban J connectivity index is 2.73. The number of rotatable bonds is 8. The average molecular weight is 340 g/mol. The molecule has 6 heteroatoms. The maximum absolute atomic E-state index is 12.6. The van der Waals surface area contributed by atoms with Gasteiger partial charge in [0.05, 0.1) is 31.2 Å². The molecule has 3 atom stereocenters. The molecule has 1 saturated heterocycles. The predicted octanol–water partition coefficient (Wildman–Crippen LogP) is 1.08. The summed E-state index contributed by atoms with van der Waals surface area (Å²) in [6.07, 6.45) is 3.81. The molecule has 0 aromatic heterocycles. The van der Waals surface area contributed by atoms with E-state index < -0.39 is 5.92 Å². The Morgan fingerprint density at radius 1 is 1.38 bits per heavy atom. The highest BCUT2D eigenvalue weighted by Gasteiger charge is 2.33. The lowest BCUT2D eigenvalue weighted by Crippen LogP contribution is -2.49. The van der Waals surface area contributed by atoms with Crippen molar-refractivity contribution in [2.24, 2.45) is 11.3 Å². The van der Waals surface area contributed by atoms with Gasteiger partial charge in [0, 0.05) is 13.0 Å². The summed E-state index contributed by atoms with van der Waals surface area (Å²) in [5.74, 6) is -0.854. The predicted molar refractivity (Wildman–Crippen MR) is 93.2 cm³/mol. The van der Waals surface area contributed by atoms with E-state index in [0.717, 1.165) is 12.8 Å². The minimum Gasteiger partial charge on any atom is -0.394 e. The van der Waals surface area contributed by atoms with E-state index in [-0.39, 0.29) is 48.9 Å². The number of nitrogens with one attached hydrogen (secondary N) is 1. The third kappa shape index (κ3) is 5.60. The van der Waals surface area contributed by atoms with Gasteiger partial charge in [-0.05, 0) is 24.7 Å². The van der Waals surface area contributed by atoms with Gasteiger partial charge < -0.3 is 20.4 Å². The van der Waals surface area contributed by atoms with Crippen molar-refractivity contribution in [3.8, 4) is 0 Å². The van der Waals surface area contributed by atoms with Gasteiger partial charge in [0.2, 0.25) is 11.8 Å². The van der Waals surface area contributed by atoms with Crippen molar-refractivity contribution < 1.29 is 19.8 Å². The minimum atomic E-state index is -0.508. The van der Waals surface area contributed by atoms with Crippen LogP contribution in [0.4, 0.5) is 0 Å². The van der Waals surface area contributed by atoms with Crippen LogP contribution in [-0.4, -0.2) is 58.8 Å². The molecule has 0 aromatic carbocycles. The number of likely N-dealkylation sites (tertiary alicyclic amines) is 1. The number of nitrogens with zero attached hydrogens (tertiary/aromatic N) is 1. The molecule has 1 aliphatic heterocycles. The first-order valence-corrected chi connectivity index (χ1v) is 8.67. The molecule has 0 radical (unpaired) electrons. The van der Waals surface area contributed by atoms with Crippen LogP contribution in [0, 0.1) is 11.3 Å². The van der Waals surface area contributed by atoms with E-state index in [0.29, 0.717) is 13.0 Å². The maximum Gasteiger partial charge on any atom is 0.224 e. The summed E-state index contributed by atoms with van der Waals surface area (Å²) >= 11 is 0. The molecule has 2 amide bonds. The Morgan fingerprint density at radius 2 is 2.04 bits per heavy atom. The minimum absolute atomic E-state index is 0.0410. The van der Waals surface area contributed by atoms with Crippen molar-refractivity contribution in [1.29, 1.82) is 0 Å². The van der Waals surface area contributed by atoms with Crippen molar-refractivity contribution in [3.05, 3.63) is 12.7 Å². The fourth-order valence-corrected chi connectivity index (χ4v) is 2.99. The zero-order chi connectivity index (χ0) is 18.3. The molecule has 1 aliphatic rings. The van der Waals surface area contributed by atoms with Crippen molar-refractivity contribution >= 4 is 11.8 Å². The number of amides is 2. The summed E-state index contributed by atoms with van der Waals surface area (Å²) in [6.45, 7) is 9.94. The summed E-state index contributed by atoms with van der Waals surface area (Å²) < 4.78 is 0. The molecule has 0 aliphatic carbocycles. The third-order valence-electron chi connectivity index (χ3n) is 4.70. The summed E-state index contributed by atoms with van der Waals surface area (Å²) in [5.41, 5.74) is -0.274.